The van der Waals surface area contributed by atoms with Crippen LogP contribution in [0.3, 0.4) is 0 Å². The molecular formula is C15H23ClN2OS. The SMILES string of the molecule is CN1C(SCc2ccccc2)=NC(C)(C)CC1(C)O.Cl. The Balaban J connectivity index is 0.00000200. The number of hydrogen-bond donors (Lipinski definition) is 1. The van der Waals surface area contributed by atoms with Crippen molar-refractivity contribution < 1.29 is 5.11 Å². The van der Waals surface area contributed by atoms with Gasteiger partial charge < -0.3 is 10.0 Å². The fourth-order valence-electron chi connectivity index (χ4n) is 2.37. The molecule has 1 aromatic carbocycles. The van der Waals surface area contributed by atoms with Gasteiger partial charge in [-0.2, -0.15) is 0 Å². The Bertz CT molecular complexity index is 474. The van der Waals surface area contributed by atoms with E-state index in [-0.39, 0.29) is 17.9 Å². The molecule has 1 aliphatic heterocycles. The van der Waals surface area contributed by atoms with Gasteiger partial charge in [0.25, 0.3) is 0 Å². The van der Waals surface area contributed by atoms with Gasteiger partial charge in [0.2, 0.25) is 0 Å². The molecule has 1 heterocycles. The summed E-state index contributed by atoms with van der Waals surface area (Å²) in [6, 6.07) is 10.3. The molecule has 2 rings (SSSR count). The zero-order valence-corrected chi connectivity index (χ0v) is 14.1. The van der Waals surface area contributed by atoms with Gasteiger partial charge in [-0.1, -0.05) is 42.1 Å². The van der Waals surface area contributed by atoms with Gasteiger partial charge in [-0.15, -0.1) is 12.4 Å². The maximum absolute atomic E-state index is 10.5. The molecule has 112 valence electrons. The molecule has 1 unspecified atom stereocenters. The summed E-state index contributed by atoms with van der Waals surface area (Å²) in [6.45, 7) is 5.99. The predicted molar refractivity (Wildman–Crippen MR) is 89.5 cm³/mol. The molecular weight excluding hydrogens is 292 g/mol. The first-order valence-electron chi connectivity index (χ1n) is 6.53. The van der Waals surface area contributed by atoms with Gasteiger partial charge in [-0.05, 0) is 26.3 Å². The van der Waals surface area contributed by atoms with E-state index >= 15 is 0 Å². The van der Waals surface area contributed by atoms with Gasteiger partial charge in [0.05, 0.1) is 5.54 Å². The zero-order valence-electron chi connectivity index (χ0n) is 12.5. The van der Waals surface area contributed by atoms with Crippen LogP contribution in [0.5, 0.6) is 0 Å². The lowest BCUT2D eigenvalue weighted by Crippen LogP contribution is -2.54. The minimum atomic E-state index is -0.829. The van der Waals surface area contributed by atoms with Crippen molar-refractivity contribution in [3.05, 3.63) is 35.9 Å². The largest absolute Gasteiger partial charge is 0.371 e. The van der Waals surface area contributed by atoms with Crippen molar-refractivity contribution in [3.8, 4) is 0 Å². The summed E-state index contributed by atoms with van der Waals surface area (Å²) in [4.78, 5) is 6.63. The highest BCUT2D eigenvalue weighted by molar-refractivity contribution is 8.13. The molecule has 0 aromatic heterocycles. The van der Waals surface area contributed by atoms with Crippen LogP contribution in [0.2, 0.25) is 0 Å². The Morgan fingerprint density at radius 1 is 1.25 bits per heavy atom. The van der Waals surface area contributed by atoms with Crippen molar-refractivity contribution in [2.24, 2.45) is 4.99 Å². The van der Waals surface area contributed by atoms with E-state index in [2.05, 4.69) is 26.0 Å². The minimum Gasteiger partial charge on any atom is -0.371 e. The number of aliphatic hydroxyl groups is 1. The van der Waals surface area contributed by atoms with E-state index in [1.807, 2.05) is 37.1 Å². The summed E-state index contributed by atoms with van der Waals surface area (Å²) < 4.78 is 0. The maximum Gasteiger partial charge on any atom is 0.162 e. The van der Waals surface area contributed by atoms with E-state index in [0.717, 1.165) is 10.9 Å². The molecule has 0 saturated carbocycles. The summed E-state index contributed by atoms with van der Waals surface area (Å²) >= 11 is 1.68. The molecule has 1 N–H and O–H groups in total. The average molecular weight is 315 g/mol. The first-order chi connectivity index (χ1) is 8.80. The topological polar surface area (TPSA) is 35.8 Å². The molecule has 0 aliphatic carbocycles. The van der Waals surface area contributed by atoms with Gasteiger partial charge in [-0.3, -0.25) is 4.99 Å². The van der Waals surface area contributed by atoms with Crippen molar-refractivity contribution in [1.29, 1.82) is 0 Å². The number of halogens is 1. The second-order valence-corrected chi connectivity index (χ2v) is 6.88. The highest BCUT2D eigenvalue weighted by Crippen LogP contribution is 2.34. The molecule has 0 spiro atoms. The Labute approximate surface area is 131 Å². The highest BCUT2D eigenvalue weighted by atomic mass is 35.5. The van der Waals surface area contributed by atoms with E-state index in [9.17, 15) is 5.11 Å². The van der Waals surface area contributed by atoms with Gasteiger partial charge in [-0.25, -0.2) is 0 Å². The van der Waals surface area contributed by atoms with Crippen LogP contribution in [0.25, 0.3) is 0 Å². The summed E-state index contributed by atoms with van der Waals surface area (Å²) in [5.41, 5.74) is 0.228. The molecule has 0 fully saturated rings. The van der Waals surface area contributed by atoms with Gasteiger partial charge in [0.1, 0.15) is 5.72 Å². The van der Waals surface area contributed by atoms with E-state index in [1.54, 1.807) is 11.8 Å². The first kappa shape index (κ1) is 17.3. The van der Waals surface area contributed by atoms with Gasteiger partial charge in [0, 0.05) is 19.2 Å². The van der Waals surface area contributed by atoms with Crippen molar-refractivity contribution >= 4 is 29.3 Å². The van der Waals surface area contributed by atoms with Crippen LogP contribution in [-0.2, 0) is 5.75 Å². The number of hydrogen-bond acceptors (Lipinski definition) is 4. The van der Waals surface area contributed by atoms with Crippen LogP contribution < -0.4 is 0 Å². The molecule has 1 atom stereocenters. The van der Waals surface area contributed by atoms with Crippen molar-refractivity contribution in [2.75, 3.05) is 7.05 Å². The van der Waals surface area contributed by atoms with E-state index in [1.165, 1.54) is 5.56 Å². The number of rotatable bonds is 2. The molecule has 20 heavy (non-hydrogen) atoms. The summed E-state index contributed by atoms with van der Waals surface area (Å²) in [7, 11) is 1.91. The second kappa shape index (κ2) is 6.37. The monoisotopic (exact) mass is 314 g/mol. The quantitative estimate of drug-likeness (QED) is 0.907. The minimum absolute atomic E-state index is 0. The van der Waals surface area contributed by atoms with Crippen LogP contribution in [0.1, 0.15) is 32.8 Å². The van der Waals surface area contributed by atoms with Crippen LogP contribution >= 0.6 is 24.2 Å². The van der Waals surface area contributed by atoms with E-state index < -0.39 is 5.72 Å². The van der Waals surface area contributed by atoms with E-state index in [4.69, 9.17) is 4.99 Å². The number of thioether (sulfide) groups is 1. The number of aliphatic imine (C=N–C) groups is 1. The second-order valence-electron chi connectivity index (χ2n) is 5.93. The maximum atomic E-state index is 10.5. The Hall–Kier alpha value is -0.710. The van der Waals surface area contributed by atoms with Crippen LogP contribution in [0, 0.1) is 0 Å². The van der Waals surface area contributed by atoms with Crippen LogP contribution in [0.4, 0.5) is 0 Å². The molecule has 5 heteroatoms. The van der Waals surface area contributed by atoms with Crippen molar-refractivity contribution in [3.63, 3.8) is 0 Å². The first-order valence-corrected chi connectivity index (χ1v) is 7.51. The predicted octanol–water partition coefficient (Wildman–Crippen LogP) is 3.52. The Kier molecular flexibility index (Phi) is 5.53. The molecule has 0 bridgehead atoms. The number of nitrogens with zero attached hydrogens (tertiary/aromatic N) is 2. The third-order valence-electron chi connectivity index (χ3n) is 3.39. The van der Waals surface area contributed by atoms with Crippen LogP contribution in [0.15, 0.2) is 35.3 Å². The van der Waals surface area contributed by atoms with Crippen molar-refractivity contribution in [2.45, 2.75) is 44.2 Å². The molecule has 0 amide bonds. The van der Waals surface area contributed by atoms with Crippen molar-refractivity contribution in [1.82, 2.24) is 4.90 Å². The number of amidine groups is 1. The smallest absolute Gasteiger partial charge is 0.162 e. The third kappa shape index (κ3) is 4.14. The summed E-state index contributed by atoms with van der Waals surface area (Å²) in [5, 5.41) is 11.4. The lowest BCUT2D eigenvalue weighted by Gasteiger charge is -2.44. The fraction of sp³-hybridized carbons (Fsp3) is 0.533. The number of benzene rings is 1. The molecule has 0 saturated heterocycles. The molecule has 1 aromatic rings. The highest BCUT2D eigenvalue weighted by Gasteiger charge is 2.40. The van der Waals surface area contributed by atoms with E-state index in [0.29, 0.717) is 6.42 Å². The molecule has 1 aliphatic rings. The van der Waals surface area contributed by atoms with Gasteiger partial charge >= 0.3 is 0 Å². The Morgan fingerprint density at radius 3 is 2.45 bits per heavy atom. The third-order valence-corrected chi connectivity index (χ3v) is 4.49. The zero-order chi connectivity index (χ0) is 14.1. The van der Waals surface area contributed by atoms with Crippen LogP contribution in [-0.4, -0.2) is 33.5 Å². The Morgan fingerprint density at radius 2 is 1.85 bits per heavy atom. The summed E-state index contributed by atoms with van der Waals surface area (Å²) in [5.74, 6) is 0.871. The summed E-state index contributed by atoms with van der Waals surface area (Å²) in [6.07, 6.45) is 0.645. The molecule has 0 radical (unpaired) electrons. The normalized spacial score (nSPS) is 24.9. The van der Waals surface area contributed by atoms with Gasteiger partial charge in [0.15, 0.2) is 5.17 Å². The lowest BCUT2D eigenvalue weighted by atomic mass is 9.92. The standard InChI is InChI=1S/C15H22N2OS.ClH/c1-14(2)11-15(3,18)17(4)13(16-14)19-10-12-8-6-5-7-9-12;/h5-9,18H,10-11H2,1-4H3;1H. The average Bonchev–Trinajstić information content (AvgIpc) is 2.32. The lowest BCUT2D eigenvalue weighted by molar-refractivity contribution is -0.0666. The molecule has 3 nitrogen and oxygen atoms in total. The fourth-order valence-corrected chi connectivity index (χ4v) is 3.56.